The minimum atomic E-state index is 1.30. The molecule has 0 bridgehead atoms. The van der Waals surface area contributed by atoms with Crippen molar-refractivity contribution in [2.24, 2.45) is 7.05 Å². The molecule has 0 unspecified atom stereocenters. The smallest absolute Gasteiger partial charge is 0.200 e. The van der Waals surface area contributed by atoms with Gasteiger partial charge in [-0.05, 0) is 35.4 Å². The molecule has 0 saturated heterocycles. The van der Waals surface area contributed by atoms with Crippen LogP contribution in [0.2, 0.25) is 0 Å². The molecule has 1 nitrogen and oxygen atoms in total. The Bertz CT molecular complexity index is 1260. The van der Waals surface area contributed by atoms with E-state index in [4.69, 9.17) is 0 Å². The monoisotopic (exact) mass is 340 g/mol. The lowest BCUT2D eigenvalue weighted by atomic mass is 9.97. The second kappa shape index (κ2) is 5.40. The van der Waals surface area contributed by atoms with Gasteiger partial charge < -0.3 is 0 Å². The molecule has 5 aromatic rings. The molecular formula is C23H18NS+. The summed E-state index contributed by atoms with van der Waals surface area (Å²) in [7, 11) is 2.15. The molecule has 0 N–H and O–H groups in total. The van der Waals surface area contributed by atoms with Gasteiger partial charge in [0.15, 0.2) is 6.20 Å². The zero-order valence-electron chi connectivity index (χ0n) is 14.3. The number of fused-ring (bicyclic) bond motifs is 4. The Kier molecular flexibility index (Phi) is 3.16. The van der Waals surface area contributed by atoms with Crippen molar-refractivity contribution in [3.8, 4) is 11.3 Å². The van der Waals surface area contributed by atoms with Crippen LogP contribution in [0.4, 0.5) is 0 Å². The van der Waals surface area contributed by atoms with Crippen molar-refractivity contribution in [2.45, 2.75) is 6.92 Å². The lowest BCUT2D eigenvalue weighted by Gasteiger charge is -2.09. The number of pyridine rings is 1. The van der Waals surface area contributed by atoms with Crippen molar-refractivity contribution in [1.82, 2.24) is 0 Å². The van der Waals surface area contributed by atoms with E-state index in [9.17, 15) is 0 Å². The molecule has 5 rings (SSSR count). The third-order valence-electron chi connectivity index (χ3n) is 5.12. The number of thiophene rings is 1. The van der Waals surface area contributed by atoms with Crippen molar-refractivity contribution < 1.29 is 4.57 Å². The molecule has 0 fully saturated rings. The van der Waals surface area contributed by atoms with E-state index in [0.29, 0.717) is 0 Å². The van der Waals surface area contributed by atoms with E-state index in [2.05, 4.69) is 91.5 Å². The summed E-state index contributed by atoms with van der Waals surface area (Å²) in [6.45, 7) is 2.24. The van der Waals surface area contributed by atoms with E-state index in [1.807, 2.05) is 11.3 Å². The highest BCUT2D eigenvalue weighted by Gasteiger charge is 2.21. The van der Waals surface area contributed by atoms with Crippen LogP contribution in [0.3, 0.4) is 0 Å². The molecule has 0 saturated carbocycles. The molecule has 2 heterocycles. The fourth-order valence-electron chi connectivity index (χ4n) is 3.82. The predicted molar refractivity (Wildman–Crippen MR) is 108 cm³/mol. The summed E-state index contributed by atoms with van der Waals surface area (Å²) in [5.74, 6) is 0. The maximum absolute atomic E-state index is 2.27. The topological polar surface area (TPSA) is 3.88 Å². The van der Waals surface area contributed by atoms with Crippen molar-refractivity contribution >= 4 is 42.3 Å². The molecule has 25 heavy (non-hydrogen) atoms. The van der Waals surface area contributed by atoms with Crippen LogP contribution in [0.5, 0.6) is 0 Å². The molecule has 0 spiro atoms. The molecule has 0 atom stereocenters. The van der Waals surface area contributed by atoms with Gasteiger partial charge in [-0.25, -0.2) is 0 Å². The maximum atomic E-state index is 2.27. The molecule has 3 aromatic carbocycles. The van der Waals surface area contributed by atoms with Gasteiger partial charge in [0.25, 0.3) is 0 Å². The highest BCUT2D eigenvalue weighted by molar-refractivity contribution is 7.26. The highest BCUT2D eigenvalue weighted by Crippen LogP contribution is 2.39. The number of benzene rings is 3. The Morgan fingerprint density at radius 1 is 0.760 bits per heavy atom. The van der Waals surface area contributed by atoms with Crippen LogP contribution in [0.25, 0.3) is 42.2 Å². The summed E-state index contributed by atoms with van der Waals surface area (Å²) >= 11 is 1.89. The van der Waals surface area contributed by atoms with E-state index < -0.39 is 0 Å². The predicted octanol–water partition coefficient (Wildman–Crippen LogP) is 6.01. The summed E-state index contributed by atoms with van der Waals surface area (Å²) in [5.41, 5.74) is 3.97. The number of aryl methyl sites for hydroxylation is 2. The maximum Gasteiger partial charge on any atom is 0.230 e. The zero-order chi connectivity index (χ0) is 17.0. The van der Waals surface area contributed by atoms with Gasteiger partial charge in [-0.15, -0.1) is 11.3 Å². The Balaban J connectivity index is 1.92. The summed E-state index contributed by atoms with van der Waals surface area (Å²) < 4.78 is 4.97. The number of rotatable bonds is 1. The lowest BCUT2D eigenvalue weighted by Crippen LogP contribution is -2.30. The van der Waals surface area contributed by atoms with Crippen LogP contribution < -0.4 is 4.57 Å². The first kappa shape index (κ1) is 14.6. The van der Waals surface area contributed by atoms with E-state index >= 15 is 0 Å². The highest BCUT2D eigenvalue weighted by atomic mass is 32.1. The third-order valence-corrected chi connectivity index (χ3v) is 6.31. The van der Waals surface area contributed by atoms with Gasteiger partial charge in [0.05, 0.1) is 5.56 Å². The largest absolute Gasteiger partial charge is 0.230 e. The quantitative estimate of drug-likeness (QED) is 0.329. The second-order valence-electron chi connectivity index (χ2n) is 6.58. The van der Waals surface area contributed by atoms with E-state index in [-0.39, 0.29) is 0 Å². The Labute approximate surface area is 150 Å². The van der Waals surface area contributed by atoms with Crippen molar-refractivity contribution in [1.29, 1.82) is 0 Å². The van der Waals surface area contributed by atoms with Crippen LogP contribution in [-0.2, 0) is 7.05 Å². The average Bonchev–Trinajstić information content (AvgIpc) is 3.01. The molecule has 0 radical (unpaired) electrons. The Hall–Kier alpha value is -2.71. The zero-order valence-corrected chi connectivity index (χ0v) is 15.1. The Morgan fingerprint density at radius 2 is 1.52 bits per heavy atom. The van der Waals surface area contributed by atoms with Gasteiger partial charge in [0, 0.05) is 21.5 Å². The molecule has 2 heteroatoms. The van der Waals surface area contributed by atoms with Crippen molar-refractivity contribution in [2.75, 3.05) is 0 Å². The van der Waals surface area contributed by atoms with Crippen LogP contribution in [-0.4, -0.2) is 0 Å². The lowest BCUT2D eigenvalue weighted by molar-refractivity contribution is -0.659. The molecule has 0 aliphatic rings. The number of hydrogen-bond donors (Lipinski definition) is 0. The average molecular weight is 340 g/mol. The van der Waals surface area contributed by atoms with Gasteiger partial charge in [-0.2, -0.15) is 4.57 Å². The van der Waals surface area contributed by atoms with Gasteiger partial charge in [-0.3, -0.25) is 0 Å². The van der Waals surface area contributed by atoms with E-state index in [0.717, 1.165) is 0 Å². The summed E-state index contributed by atoms with van der Waals surface area (Å²) in [5, 5.41) is 5.33. The van der Waals surface area contributed by atoms with Gasteiger partial charge in [0.1, 0.15) is 11.7 Å². The molecule has 0 aliphatic carbocycles. The standard InChI is InChI=1S/C23H18NS/c1-15-17-8-4-3-7-16(17)11-12-18(15)22-23-20(13-14-24(22)2)19-9-5-6-10-21(19)25-23/h3-14H,1-2H3/q+1. The van der Waals surface area contributed by atoms with Gasteiger partial charge >= 0.3 is 0 Å². The van der Waals surface area contributed by atoms with Crippen LogP contribution >= 0.6 is 11.3 Å². The molecule has 0 aliphatic heterocycles. The molecule has 2 aromatic heterocycles. The first-order valence-electron chi connectivity index (χ1n) is 8.52. The van der Waals surface area contributed by atoms with E-state index in [1.54, 1.807) is 0 Å². The minimum Gasteiger partial charge on any atom is -0.200 e. The number of hydrogen-bond acceptors (Lipinski definition) is 1. The van der Waals surface area contributed by atoms with Crippen molar-refractivity contribution in [3.05, 3.63) is 78.5 Å². The molecule has 120 valence electrons. The normalized spacial score (nSPS) is 11.6. The minimum absolute atomic E-state index is 1.30. The van der Waals surface area contributed by atoms with Gasteiger partial charge in [0.2, 0.25) is 5.69 Å². The third kappa shape index (κ3) is 2.11. The van der Waals surface area contributed by atoms with Crippen molar-refractivity contribution in [3.63, 3.8) is 0 Å². The first-order chi connectivity index (χ1) is 12.2. The first-order valence-corrected chi connectivity index (χ1v) is 9.34. The van der Waals surface area contributed by atoms with Crippen LogP contribution in [0.15, 0.2) is 72.9 Å². The number of nitrogens with zero attached hydrogens (tertiary/aromatic N) is 1. The Morgan fingerprint density at radius 3 is 2.40 bits per heavy atom. The fraction of sp³-hybridized carbons (Fsp3) is 0.0870. The van der Waals surface area contributed by atoms with Gasteiger partial charge in [-0.1, -0.05) is 48.5 Å². The van der Waals surface area contributed by atoms with Crippen LogP contribution in [0.1, 0.15) is 5.56 Å². The summed E-state index contributed by atoms with van der Waals surface area (Å²) in [6, 6.07) is 24.1. The number of aromatic nitrogens is 1. The van der Waals surface area contributed by atoms with Crippen LogP contribution in [0, 0.1) is 6.92 Å². The molecule has 0 amide bonds. The summed E-state index contributed by atoms with van der Waals surface area (Å²) in [4.78, 5) is 0. The molecular weight excluding hydrogens is 322 g/mol. The fourth-order valence-corrected chi connectivity index (χ4v) is 5.12. The second-order valence-corrected chi connectivity index (χ2v) is 7.63. The SMILES string of the molecule is Cc1c(-c2c3sc4ccccc4c3cc[n+]2C)ccc2ccccc12. The summed E-state index contributed by atoms with van der Waals surface area (Å²) in [6.07, 6.45) is 2.19. The van der Waals surface area contributed by atoms with E-state index in [1.165, 1.54) is 47.8 Å².